The SMILES string of the molecule is CCCOC1CCCN(c2cc(C)ccc2C#N)C1. The van der Waals surface area contributed by atoms with Crippen molar-refractivity contribution in [2.45, 2.75) is 39.2 Å². The van der Waals surface area contributed by atoms with Crippen LogP contribution in [0.4, 0.5) is 5.69 Å². The minimum Gasteiger partial charge on any atom is -0.376 e. The predicted octanol–water partition coefficient (Wildman–Crippen LogP) is 3.26. The molecule has 0 radical (unpaired) electrons. The average molecular weight is 258 g/mol. The molecule has 0 saturated carbocycles. The van der Waals surface area contributed by atoms with E-state index in [1.807, 2.05) is 12.1 Å². The first-order valence-electron chi connectivity index (χ1n) is 7.12. The largest absolute Gasteiger partial charge is 0.376 e. The molecule has 2 rings (SSSR count). The van der Waals surface area contributed by atoms with Crippen LogP contribution in [0.15, 0.2) is 18.2 Å². The van der Waals surface area contributed by atoms with Gasteiger partial charge >= 0.3 is 0 Å². The zero-order valence-electron chi connectivity index (χ0n) is 11.9. The molecule has 1 atom stereocenters. The first-order chi connectivity index (χ1) is 9.24. The van der Waals surface area contributed by atoms with E-state index in [0.717, 1.165) is 50.2 Å². The zero-order chi connectivity index (χ0) is 13.7. The van der Waals surface area contributed by atoms with Crippen LogP contribution in [0, 0.1) is 18.3 Å². The molecule has 3 heteroatoms. The number of rotatable bonds is 4. The second kappa shape index (κ2) is 6.58. The predicted molar refractivity (Wildman–Crippen MR) is 77.4 cm³/mol. The van der Waals surface area contributed by atoms with Crippen molar-refractivity contribution in [3.63, 3.8) is 0 Å². The molecule has 19 heavy (non-hydrogen) atoms. The lowest BCUT2D eigenvalue weighted by molar-refractivity contribution is 0.0440. The van der Waals surface area contributed by atoms with Crippen LogP contribution in [-0.2, 0) is 4.74 Å². The summed E-state index contributed by atoms with van der Waals surface area (Å²) in [5.74, 6) is 0. The molecule has 1 aliphatic heterocycles. The molecule has 0 aliphatic carbocycles. The maximum atomic E-state index is 9.24. The van der Waals surface area contributed by atoms with Gasteiger partial charge in [0.15, 0.2) is 0 Å². The van der Waals surface area contributed by atoms with E-state index in [2.05, 4.69) is 30.9 Å². The number of nitrogens with zero attached hydrogens (tertiary/aromatic N) is 2. The molecule has 0 spiro atoms. The number of anilines is 1. The normalized spacial score (nSPS) is 19.2. The minimum absolute atomic E-state index is 0.306. The second-order valence-corrected chi connectivity index (χ2v) is 5.21. The number of aryl methyl sites for hydroxylation is 1. The van der Waals surface area contributed by atoms with Crippen molar-refractivity contribution in [2.24, 2.45) is 0 Å². The molecule has 102 valence electrons. The fraction of sp³-hybridized carbons (Fsp3) is 0.562. The van der Waals surface area contributed by atoms with E-state index < -0.39 is 0 Å². The van der Waals surface area contributed by atoms with E-state index in [9.17, 15) is 5.26 Å². The Morgan fingerprint density at radius 2 is 2.32 bits per heavy atom. The Bertz CT molecular complexity index is 464. The Labute approximate surface area is 115 Å². The third-order valence-corrected chi connectivity index (χ3v) is 3.55. The molecule has 0 N–H and O–H groups in total. The molecule has 1 aromatic rings. The van der Waals surface area contributed by atoms with Crippen molar-refractivity contribution in [3.05, 3.63) is 29.3 Å². The monoisotopic (exact) mass is 258 g/mol. The summed E-state index contributed by atoms with van der Waals surface area (Å²) in [7, 11) is 0. The molecular weight excluding hydrogens is 236 g/mol. The summed E-state index contributed by atoms with van der Waals surface area (Å²) in [5.41, 5.74) is 3.03. The maximum Gasteiger partial charge on any atom is 0.101 e. The van der Waals surface area contributed by atoms with Gasteiger partial charge < -0.3 is 9.64 Å². The topological polar surface area (TPSA) is 36.3 Å². The van der Waals surface area contributed by atoms with Crippen molar-refractivity contribution < 1.29 is 4.74 Å². The Balaban J connectivity index is 2.13. The maximum absolute atomic E-state index is 9.24. The van der Waals surface area contributed by atoms with Crippen molar-refractivity contribution in [1.82, 2.24) is 0 Å². The summed E-state index contributed by atoms with van der Waals surface area (Å²) >= 11 is 0. The standard InChI is InChI=1S/C16H22N2O/c1-3-9-19-15-5-4-8-18(12-15)16-10-13(2)6-7-14(16)11-17/h6-7,10,15H,3-5,8-9,12H2,1-2H3. The van der Waals surface area contributed by atoms with E-state index >= 15 is 0 Å². The number of ether oxygens (including phenoxy) is 1. The van der Waals surface area contributed by atoms with Gasteiger partial charge in [-0.3, -0.25) is 0 Å². The third-order valence-electron chi connectivity index (χ3n) is 3.55. The van der Waals surface area contributed by atoms with Crippen LogP contribution in [0.2, 0.25) is 0 Å². The quantitative estimate of drug-likeness (QED) is 0.831. The molecule has 1 aromatic carbocycles. The molecular formula is C16H22N2O. The molecule has 1 aliphatic rings. The lowest BCUT2D eigenvalue weighted by Crippen LogP contribution is -2.40. The van der Waals surface area contributed by atoms with Gasteiger partial charge in [0.25, 0.3) is 0 Å². The third kappa shape index (κ3) is 3.48. The molecule has 1 saturated heterocycles. The lowest BCUT2D eigenvalue weighted by Gasteiger charge is -2.35. The molecule has 0 bridgehead atoms. The number of hydrogen-bond acceptors (Lipinski definition) is 3. The van der Waals surface area contributed by atoms with Crippen molar-refractivity contribution in [1.29, 1.82) is 5.26 Å². The smallest absolute Gasteiger partial charge is 0.101 e. The van der Waals surface area contributed by atoms with Crippen LogP contribution in [0.25, 0.3) is 0 Å². The Hall–Kier alpha value is -1.53. The summed E-state index contributed by atoms with van der Waals surface area (Å²) < 4.78 is 5.86. The van der Waals surface area contributed by atoms with Gasteiger partial charge in [-0.15, -0.1) is 0 Å². The summed E-state index contributed by atoms with van der Waals surface area (Å²) in [6.45, 7) is 6.95. The Kier molecular flexibility index (Phi) is 4.81. The first kappa shape index (κ1) is 13.9. The van der Waals surface area contributed by atoms with Gasteiger partial charge in [0.05, 0.1) is 17.4 Å². The van der Waals surface area contributed by atoms with Crippen LogP contribution in [0.5, 0.6) is 0 Å². The van der Waals surface area contributed by atoms with Crippen molar-refractivity contribution in [2.75, 3.05) is 24.6 Å². The first-order valence-corrected chi connectivity index (χ1v) is 7.12. The van der Waals surface area contributed by atoms with E-state index in [4.69, 9.17) is 4.74 Å². The van der Waals surface area contributed by atoms with E-state index in [-0.39, 0.29) is 0 Å². The number of piperidine rings is 1. The Morgan fingerprint density at radius 1 is 1.47 bits per heavy atom. The molecule has 1 fully saturated rings. The van der Waals surface area contributed by atoms with Crippen LogP contribution < -0.4 is 4.90 Å². The van der Waals surface area contributed by atoms with Crippen molar-refractivity contribution >= 4 is 5.69 Å². The fourth-order valence-corrected chi connectivity index (χ4v) is 2.58. The average Bonchev–Trinajstić information content (AvgIpc) is 2.45. The molecule has 0 amide bonds. The van der Waals surface area contributed by atoms with Crippen LogP contribution >= 0.6 is 0 Å². The number of nitriles is 1. The number of benzene rings is 1. The highest BCUT2D eigenvalue weighted by atomic mass is 16.5. The molecule has 1 heterocycles. The fourth-order valence-electron chi connectivity index (χ4n) is 2.58. The van der Waals surface area contributed by atoms with Gasteiger partial charge in [0.2, 0.25) is 0 Å². The summed E-state index contributed by atoms with van der Waals surface area (Å²) in [6.07, 6.45) is 3.63. The van der Waals surface area contributed by atoms with Crippen LogP contribution in [-0.4, -0.2) is 25.8 Å². The summed E-state index contributed by atoms with van der Waals surface area (Å²) in [6, 6.07) is 8.32. The molecule has 0 aromatic heterocycles. The van der Waals surface area contributed by atoms with Gasteiger partial charge in [0, 0.05) is 19.7 Å². The highest BCUT2D eigenvalue weighted by molar-refractivity contribution is 5.61. The summed E-state index contributed by atoms with van der Waals surface area (Å²) in [5, 5.41) is 9.24. The van der Waals surface area contributed by atoms with Crippen LogP contribution in [0.3, 0.4) is 0 Å². The number of hydrogen-bond donors (Lipinski definition) is 0. The molecule has 1 unspecified atom stereocenters. The van der Waals surface area contributed by atoms with Gasteiger partial charge in [-0.05, 0) is 43.9 Å². The minimum atomic E-state index is 0.306. The molecule has 3 nitrogen and oxygen atoms in total. The van der Waals surface area contributed by atoms with E-state index in [1.165, 1.54) is 5.56 Å². The highest BCUT2D eigenvalue weighted by Crippen LogP contribution is 2.26. The van der Waals surface area contributed by atoms with Gasteiger partial charge in [-0.1, -0.05) is 13.0 Å². The zero-order valence-corrected chi connectivity index (χ0v) is 11.9. The summed E-state index contributed by atoms with van der Waals surface area (Å²) in [4.78, 5) is 2.30. The van der Waals surface area contributed by atoms with Gasteiger partial charge in [-0.25, -0.2) is 0 Å². The lowest BCUT2D eigenvalue weighted by atomic mass is 10.0. The second-order valence-electron chi connectivity index (χ2n) is 5.21. The van der Waals surface area contributed by atoms with Gasteiger partial charge in [-0.2, -0.15) is 5.26 Å². The van der Waals surface area contributed by atoms with Crippen molar-refractivity contribution in [3.8, 4) is 6.07 Å². The highest BCUT2D eigenvalue weighted by Gasteiger charge is 2.22. The van der Waals surface area contributed by atoms with Gasteiger partial charge in [0.1, 0.15) is 6.07 Å². The van der Waals surface area contributed by atoms with E-state index in [1.54, 1.807) is 0 Å². The Morgan fingerprint density at radius 3 is 3.05 bits per heavy atom. The van der Waals surface area contributed by atoms with E-state index in [0.29, 0.717) is 6.10 Å². The van der Waals surface area contributed by atoms with Crippen LogP contribution in [0.1, 0.15) is 37.3 Å².